The normalized spacial score (nSPS) is 14.1. The summed E-state index contributed by atoms with van der Waals surface area (Å²) >= 11 is 0. The van der Waals surface area contributed by atoms with Gasteiger partial charge in [0.25, 0.3) is 0 Å². The second-order valence-electron chi connectivity index (χ2n) is 5.16. The van der Waals surface area contributed by atoms with Crippen LogP contribution in [0.15, 0.2) is 48.8 Å². The van der Waals surface area contributed by atoms with Crippen LogP contribution in [0.4, 0.5) is 0 Å². The molecule has 100 valence electrons. The topological polar surface area (TPSA) is 33.1 Å². The molecule has 1 aromatic carbocycles. The molecule has 2 rings (SSSR count). The monoisotopic (exact) mass is 255 g/mol. The van der Waals surface area contributed by atoms with Crippen molar-refractivity contribution in [2.45, 2.75) is 38.7 Å². The quantitative estimate of drug-likeness (QED) is 0.887. The van der Waals surface area contributed by atoms with Gasteiger partial charge in [0, 0.05) is 18.3 Å². The largest absolute Gasteiger partial charge is 0.392 e. The first kappa shape index (κ1) is 13.8. The number of aromatic nitrogens is 1. The van der Waals surface area contributed by atoms with Gasteiger partial charge in [0.1, 0.15) is 0 Å². The molecule has 19 heavy (non-hydrogen) atoms. The predicted octanol–water partition coefficient (Wildman–Crippen LogP) is 3.49. The Hall–Kier alpha value is -1.67. The number of aliphatic hydroxyl groups is 1. The first-order valence-corrected chi connectivity index (χ1v) is 6.80. The summed E-state index contributed by atoms with van der Waals surface area (Å²) in [6.45, 7) is 4.16. The van der Waals surface area contributed by atoms with Crippen LogP contribution in [-0.4, -0.2) is 16.2 Å². The Labute approximate surface area is 115 Å². The number of pyridine rings is 1. The summed E-state index contributed by atoms with van der Waals surface area (Å²) < 4.78 is 0. The summed E-state index contributed by atoms with van der Waals surface area (Å²) in [7, 11) is 0. The standard InChI is InChI=1S/C17H21NO/c1-13-4-3-5-15(12-13)6-7-17(19)14(2)16-8-10-18-11-9-16/h3-5,8-12,14,17,19H,6-7H2,1-2H3. The molecule has 0 aliphatic rings. The maximum absolute atomic E-state index is 10.3. The van der Waals surface area contributed by atoms with Gasteiger partial charge in [0.15, 0.2) is 0 Å². The van der Waals surface area contributed by atoms with Gasteiger partial charge < -0.3 is 5.11 Å². The Bertz CT molecular complexity index is 510. The molecule has 0 aliphatic carbocycles. The van der Waals surface area contributed by atoms with E-state index in [9.17, 15) is 5.11 Å². The minimum absolute atomic E-state index is 0.146. The zero-order valence-electron chi connectivity index (χ0n) is 11.6. The van der Waals surface area contributed by atoms with E-state index in [0.717, 1.165) is 18.4 Å². The van der Waals surface area contributed by atoms with Gasteiger partial charge in [-0.15, -0.1) is 0 Å². The number of hydrogen-bond acceptors (Lipinski definition) is 2. The fraction of sp³-hybridized carbons (Fsp3) is 0.353. The molecule has 2 aromatic rings. The zero-order valence-corrected chi connectivity index (χ0v) is 11.6. The highest BCUT2D eigenvalue weighted by Crippen LogP contribution is 2.21. The summed E-state index contributed by atoms with van der Waals surface area (Å²) in [5.74, 6) is 0.146. The van der Waals surface area contributed by atoms with Crippen LogP contribution in [-0.2, 0) is 6.42 Å². The van der Waals surface area contributed by atoms with Gasteiger partial charge in [-0.05, 0) is 43.0 Å². The fourth-order valence-electron chi connectivity index (χ4n) is 2.32. The molecule has 2 heteroatoms. The number of aryl methyl sites for hydroxylation is 2. The van der Waals surface area contributed by atoms with Crippen LogP contribution in [0, 0.1) is 6.92 Å². The van der Waals surface area contributed by atoms with E-state index in [1.807, 2.05) is 12.1 Å². The number of rotatable bonds is 5. The minimum atomic E-state index is -0.317. The lowest BCUT2D eigenvalue weighted by atomic mass is 9.92. The van der Waals surface area contributed by atoms with Crippen molar-refractivity contribution >= 4 is 0 Å². The van der Waals surface area contributed by atoms with Gasteiger partial charge in [-0.3, -0.25) is 4.98 Å². The van der Waals surface area contributed by atoms with E-state index >= 15 is 0 Å². The van der Waals surface area contributed by atoms with E-state index in [-0.39, 0.29) is 12.0 Å². The van der Waals surface area contributed by atoms with Crippen LogP contribution < -0.4 is 0 Å². The molecule has 0 fully saturated rings. The predicted molar refractivity (Wildman–Crippen MR) is 78.2 cm³/mol. The lowest BCUT2D eigenvalue weighted by Crippen LogP contribution is -2.16. The number of benzene rings is 1. The molecule has 2 nitrogen and oxygen atoms in total. The molecule has 0 spiro atoms. The SMILES string of the molecule is Cc1cccc(CCC(O)C(C)c2ccncc2)c1. The second-order valence-corrected chi connectivity index (χ2v) is 5.16. The zero-order chi connectivity index (χ0) is 13.7. The third-order valence-electron chi connectivity index (χ3n) is 3.62. The molecule has 0 amide bonds. The molecule has 2 unspecified atom stereocenters. The molecule has 0 saturated heterocycles. The average molecular weight is 255 g/mol. The van der Waals surface area contributed by atoms with Crippen molar-refractivity contribution in [2.75, 3.05) is 0 Å². The number of nitrogens with zero attached hydrogens (tertiary/aromatic N) is 1. The van der Waals surface area contributed by atoms with E-state index in [1.165, 1.54) is 11.1 Å². The highest BCUT2D eigenvalue weighted by atomic mass is 16.3. The van der Waals surface area contributed by atoms with E-state index in [0.29, 0.717) is 0 Å². The maximum Gasteiger partial charge on any atom is 0.0609 e. The highest BCUT2D eigenvalue weighted by Gasteiger charge is 2.15. The Balaban J connectivity index is 1.92. The molecular formula is C17H21NO. The molecule has 1 N–H and O–H groups in total. The van der Waals surface area contributed by atoms with Crippen LogP contribution in [0.5, 0.6) is 0 Å². The van der Waals surface area contributed by atoms with Gasteiger partial charge in [-0.1, -0.05) is 36.8 Å². The Morgan fingerprint density at radius 3 is 2.58 bits per heavy atom. The van der Waals surface area contributed by atoms with E-state index in [2.05, 4.69) is 43.1 Å². The molecule has 0 radical (unpaired) electrons. The molecule has 0 saturated carbocycles. The summed E-state index contributed by atoms with van der Waals surface area (Å²) in [5, 5.41) is 10.3. The van der Waals surface area contributed by atoms with Crippen molar-refractivity contribution < 1.29 is 5.11 Å². The van der Waals surface area contributed by atoms with Crippen molar-refractivity contribution in [3.8, 4) is 0 Å². The average Bonchev–Trinajstić information content (AvgIpc) is 2.45. The molecule has 2 atom stereocenters. The lowest BCUT2D eigenvalue weighted by Gasteiger charge is -2.19. The first-order chi connectivity index (χ1) is 9.16. The minimum Gasteiger partial charge on any atom is -0.392 e. The summed E-state index contributed by atoms with van der Waals surface area (Å²) in [6, 6.07) is 12.4. The van der Waals surface area contributed by atoms with Gasteiger partial charge in [0.2, 0.25) is 0 Å². The molecule has 1 aromatic heterocycles. The van der Waals surface area contributed by atoms with E-state index in [1.54, 1.807) is 12.4 Å². The van der Waals surface area contributed by atoms with Gasteiger partial charge >= 0.3 is 0 Å². The Morgan fingerprint density at radius 2 is 1.89 bits per heavy atom. The van der Waals surface area contributed by atoms with Gasteiger partial charge in [-0.2, -0.15) is 0 Å². The van der Waals surface area contributed by atoms with E-state index in [4.69, 9.17) is 0 Å². The first-order valence-electron chi connectivity index (χ1n) is 6.80. The molecular weight excluding hydrogens is 234 g/mol. The summed E-state index contributed by atoms with van der Waals surface area (Å²) in [5.41, 5.74) is 3.71. The van der Waals surface area contributed by atoms with E-state index < -0.39 is 0 Å². The van der Waals surface area contributed by atoms with Crippen molar-refractivity contribution in [3.05, 3.63) is 65.5 Å². The number of aliphatic hydroxyl groups excluding tert-OH is 1. The van der Waals surface area contributed by atoms with Gasteiger partial charge in [0.05, 0.1) is 6.10 Å². The lowest BCUT2D eigenvalue weighted by molar-refractivity contribution is 0.140. The van der Waals surface area contributed by atoms with Crippen LogP contribution in [0.2, 0.25) is 0 Å². The second kappa shape index (κ2) is 6.48. The van der Waals surface area contributed by atoms with Crippen LogP contribution in [0.3, 0.4) is 0 Å². The van der Waals surface area contributed by atoms with Crippen molar-refractivity contribution in [1.82, 2.24) is 4.98 Å². The maximum atomic E-state index is 10.3. The van der Waals surface area contributed by atoms with Gasteiger partial charge in [-0.25, -0.2) is 0 Å². The van der Waals surface area contributed by atoms with Crippen molar-refractivity contribution in [3.63, 3.8) is 0 Å². The molecule has 0 bridgehead atoms. The van der Waals surface area contributed by atoms with Crippen LogP contribution >= 0.6 is 0 Å². The third-order valence-corrected chi connectivity index (χ3v) is 3.62. The Morgan fingerprint density at radius 1 is 1.16 bits per heavy atom. The van der Waals surface area contributed by atoms with Crippen molar-refractivity contribution in [2.24, 2.45) is 0 Å². The number of hydrogen-bond donors (Lipinski definition) is 1. The van der Waals surface area contributed by atoms with Crippen LogP contribution in [0.25, 0.3) is 0 Å². The summed E-state index contributed by atoms with van der Waals surface area (Å²) in [4.78, 5) is 4.01. The third kappa shape index (κ3) is 3.90. The highest BCUT2D eigenvalue weighted by molar-refractivity contribution is 5.22. The summed E-state index contributed by atoms with van der Waals surface area (Å²) in [6.07, 6.45) is 4.94. The smallest absolute Gasteiger partial charge is 0.0609 e. The molecule has 0 aliphatic heterocycles. The van der Waals surface area contributed by atoms with Crippen molar-refractivity contribution in [1.29, 1.82) is 0 Å². The van der Waals surface area contributed by atoms with Crippen LogP contribution in [0.1, 0.15) is 36.0 Å². The fourth-order valence-corrected chi connectivity index (χ4v) is 2.32. The Kier molecular flexibility index (Phi) is 4.69. The molecule has 1 heterocycles.